The van der Waals surface area contributed by atoms with Crippen molar-refractivity contribution in [1.29, 1.82) is 0 Å². The van der Waals surface area contributed by atoms with Gasteiger partial charge in [-0.2, -0.15) is 0 Å². The summed E-state index contributed by atoms with van der Waals surface area (Å²) in [6.07, 6.45) is 7.98. The number of benzene rings is 2. The summed E-state index contributed by atoms with van der Waals surface area (Å²) in [5.74, 6) is 0.473. The fourth-order valence-corrected chi connectivity index (χ4v) is 3.63. The second-order valence-corrected chi connectivity index (χ2v) is 7.50. The molecule has 1 atom stereocenters. The van der Waals surface area contributed by atoms with Crippen LogP contribution < -0.4 is 0 Å². The highest BCUT2D eigenvalue weighted by atomic mass is 16.2. The summed E-state index contributed by atoms with van der Waals surface area (Å²) >= 11 is 0. The number of unbranched alkanes of at least 4 members (excludes halogenated alkanes) is 3. The molecule has 2 aromatic carbocycles. The molecule has 0 aliphatic rings. The van der Waals surface area contributed by atoms with Gasteiger partial charge in [-0.1, -0.05) is 107 Å². The summed E-state index contributed by atoms with van der Waals surface area (Å²) in [6, 6.07) is 20.7. The SMILES string of the molecule is CCCCCC[C@@H](CCC)C(=O)N(Cc1ccccc1)Cc1ccccc1. The molecule has 0 radical (unpaired) electrons. The minimum Gasteiger partial charge on any atom is -0.334 e. The second kappa shape index (κ2) is 12.3. The molecule has 0 aromatic heterocycles. The zero-order valence-corrected chi connectivity index (χ0v) is 17.1. The first-order chi connectivity index (χ1) is 13.2. The molecule has 1 amide bonds. The molecule has 0 saturated carbocycles. The quantitative estimate of drug-likeness (QED) is 0.388. The molecule has 146 valence electrons. The van der Waals surface area contributed by atoms with Crippen LogP contribution in [0.2, 0.25) is 0 Å². The molecule has 0 spiro atoms. The minimum absolute atomic E-state index is 0.152. The molecule has 0 bridgehead atoms. The number of rotatable bonds is 12. The van der Waals surface area contributed by atoms with E-state index in [1.165, 1.54) is 30.4 Å². The Labute approximate surface area is 165 Å². The van der Waals surface area contributed by atoms with Gasteiger partial charge in [-0.3, -0.25) is 4.79 Å². The first-order valence-electron chi connectivity index (χ1n) is 10.6. The Hall–Kier alpha value is -2.09. The standard InChI is InChI=1S/C25H35NO/c1-3-5-6-13-19-24(14-4-2)25(27)26(20-22-15-9-7-10-16-22)21-23-17-11-8-12-18-23/h7-12,15-18,24H,3-6,13-14,19-21H2,1-2H3/t24-/m1/s1. The van der Waals surface area contributed by atoms with E-state index < -0.39 is 0 Å². The summed E-state index contributed by atoms with van der Waals surface area (Å²) < 4.78 is 0. The van der Waals surface area contributed by atoms with Gasteiger partial charge in [-0.15, -0.1) is 0 Å². The maximum atomic E-state index is 13.4. The van der Waals surface area contributed by atoms with E-state index in [1.807, 2.05) is 12.1 Å². The Morgan fingerprint density at radius 3 is 1.78 bits per heavy atom. The van der Waals surface area contributed by atoms with Crippen LogP contribution in [-0.4, -0.2) is 10.8 Å². The maximum Gasteiger partial charge on any atom is 0.226 e. The first kappa shape index (κ1) is 21.2. The van der Waals surface area contributed by atoms with E-state index in [0.29, 0.717) is 19.0 Å². The molecular formula is C25H35NO. The average Bonchev–Trinajstić information content (AvgIpc) is 2.71. The van der Waals surface area contributed by atoms with Gasteiger partial charge >= 0.3 is 0 Å². The minimum atomic E-state index is 0.152. The monoisotopic (exact) mass is 365 g/mol. The van der Waals surface area contributed by atoms with Gasteiger partial charge in [-0.25, -0.2) is 0 Å². The summed E-state index contributed by atoms with van der Waals surface area (Å²) in [6.45, 7) is 5.79. The number of carbonyl (C=O) groups is 1. The Morgan fingerprint density at radius 2 is 1.30 bits per heavy atom. The van der Waals surface area contributed by atoms with Gasteiger partial charge in [0, 0.05) is 19.0 Å². The van der Waals surface area contributed by atoms with Crippen LogP contribution in [0.25, 0.3) is 0 Å². The molecule has 0 unspecified atom stereocenters. The van der Waals surface area contributed by atoms with Crippen LogP contribution in [0.4, 0.5) is 0 Å². The average molecular weight is 366 g/mol. The van der Waals surface area contributed by atoms with E-state index in [4.69, 9.17) is 0 Å². The number of nitrogens with zero attached hydrogens (tertiary/aromatic N) is 1. The Balaban J connectivity index is 2.11. The third-order valence-electron chi connectivity index (χ3n) is 5.14. The number of carbonyl (C=O) groups excluding carboxylic acids is 1. The van der Waals surface area contributed by atoms with Crippen LogP contribution in [-0.2, 0) is 17.9 Å². The Kier molecular flexibility index (Phi) is 9.68. The van der Waals surface area contributed by atoms with Crippen molar-refractivity contribution < 1.29 is 4.79 Å². The van der Waals surface area contributed by atoms with Crippen molar-refractivity contribution in [2.45, 2.75) is 71.9 Å². The molecule has 0 N–H and O–H groups in total. The van der Waals surface area contributed by atoms with Crippen LogP contribution in [0.15, 0.2) is 60.7 Å². The van der Waals surface area contributed by atoms with Crippen molar-refractivity contribution in [1.82, 2.24) is 4.90 Å². The van der Waals surface area contributed by atoms with Crippen LogP contribution in [0, 0.1) is 5.92 Å². The van der Waals surface area contributed by atoms with E-state index >= 15 is 0 Å². The molecule has 0 aliphatic carbocycles. The second-order valence-electron chi connectivity index (χ2n) is 7.50. The largest absolute Gasteiger partial charge is 0.334 e. The lowest BCUT2D eigenvalue weighted by Gasteiger charge is -2.28. The zero-order valence-electron chi connectivity index (χ0n) is 17.1. The van der Waals surface area contributed by atoms with Gasteiger partial charge in [-0.05, 0) is 24.0 Å². The number of hydrogen-bond acceptors (Lipinski definition) is 1. The molecule has 2 rings (SSSR count). The van der Waals surface area contributed by atoms with Crippen molar-refractivity contribution in [3.63, 3.8) is 0 Å². The van der Waals surface area contributed by atoms with Gasteiger partial charge in [0.2, 0.25) is 5.91 Å². The topological polar surface area (TPSA) is 20.3 Å². The Bertz CT molecular complexity index is 596. The highest BCUT2D eigenvalue weighted by Gasteiger charge is 2.23. The van der Waals surface area contributed by atoms with Gasteiger partial charge < -0.3 is 4.90 Å². The highest BCUT2D eigenvalue weighted by Crippen LogP contribution is 2.22. The molecule has 2 heteroatoms. The normalized spacial score (nSPS) is 11.9. The van der Waals surface area contributed by atoms with Gasteiger partial charge in [0.1, 0.15) is 0 Å². The van der Waals surface area contributed by atoms with E-state index in [0.717, 1.165) is 25.7 Å². The smallest absolute Gasteiger partial charge is 0.226 e. The predicted molar refractivity (Wildman–Crippen MR) is 114 cm³/mol. The maximum absolute atomic E-state index is 13.4. The van der Waals surface area contributed by atoms with Crippen LogP contribution in [0.3, 0.4) is 0 Å². The molecule has 0 fully saturated rings. The predicted octanol–water partition coefficient (Wildman–Crippen LogP) is 6.60. The lowest BCUT2D eigenvalue weighted by molar-refractivity contribution is -0.137. The summed E-state index contributed by atoms with van der Waals surface area (Å²) in [5, 5.41) is 0. The zero-order chi connectivity index (χ0) is 19.3. The van der Waals surface area contributed by atoms with Crippen molar-refractivity contribution >= 4 is 5.91 Å². The van der Waals surface area contributed by atoms with E-state index in [1.54, 1.807) is 0 Å². The third kappa shape index (κ3) is 7.58. The Morgan fingerprint density at radius 1 is 0.741 bits per heavy atom. The molecule has 0 aliphatic heterocycles. The summed E-state index contributed by atoms with van der Waals surface area (Å²) in [4.78, 5) is 15.5. The van der Waals surface area contributed by atoms with Gasteiger partial charge in [0.25, 0.3) is 0 Å². The molecule has 0 heterocycles. The molecule has 0 saturated heterocycles. The number of hydrogen-bond donors (Lipinski definition) is 0. The lowest BCUT2D eigenvalue weighted by Crippen LogP contribution is -2.35. The van der Waals surface area contributed by atoms with E-state index in [-0.39, 0.29) is 5.92 Å². The van der Waals surface area contributed by atoms with E-state index in [9.17, 15) is 4.79 Å². The fraction of sp³-hybridized carbons (Fsp3) is 0.480. The van der Waals surface area contributed by atoms with Crippen molar-refractivity contribution in [3.8, 4) is 0 Å². The highest BCUT2D eigenvalue weighted by molar-refractivity contribution is 5.78. The van der Waals surface area contributed by atoms with Crippen LogP contribution >= 0.6 is 0 Å². The molecular weight excluding hydrogens is 330 g/mol. The summed E-state index contributed by atoms with van der Waals surface area (Å²) in [5.41, 5.74) is 2.39. The lowest BCUT2D eigenvalue weighted by atomic mass is 9.94. The molecule has 2 nitrogen and oxygen atoms in total. The van der Waals surface area contributed by atoms with Crippen molar-refractivity contribution in [3.05, 3.63) is 71.8 Å². The third-order valence-corrected chi connectivity index (χ3v) is 5.14. The fourth-order valence-electron chi connectivity index (χ4n) is 3.63. The first-order valence-corrected chi connectivity index (χ1v) is 10.6. The van der Waals surface area contributed by atoms with Gasteiger partial charge in [0.15, 0.2) is 0 Å². The molecule has 27 heavy (non-hydrogen) atoms. The van der Waals surface area contributed by atoms with Crippen LogP contribution in [0.5, 0.6) is 0 Å². The molecule has 2 aromatic rings. The number of amides is 1. The van der Waals surface area contributed by atoms with Crippen molar-refractivity contribution in [2.75, 3.05) is 0 Å². The summed E-state index contributed by atoms with van der Waals surface area (Å²) in [7, 11) is 0. The van der Waals surface area contributed by atoms with Crippen molar-refractivity contribution in [2.24, 2.45) is 5.92 Å². The van der Waals surface area contributed by atoms with Gasteiger partial charge in [0.05, 0.1) is 0 Å². The van der Waals surface area contributed by atoms with Crippen LogP contribution in [0.1, 0.15) is 69.9 Å². The van der Waals surface area contributed by atoms with E-state index in [2.05, 4.69) is 67.3 Å².